The van der Waals surface area contributed by atoms with E-state index in [1.54, 1.807) is 7.11 Å². The molecule has 0 spiro atoms. The standard InChI is InChI=1S/C11H18O2/c1-9-5-6-10(2,13-9)8-11(3,7-9)12-4/h5-6H,7-8H2,1-4H3/t9-,10+,11+. The summed E-state index contributed by atoms with van der Waals surface area (Å²) in [6.45, 7) is 6.43. The van der Waals surface area contributed by atoms with Gasteiger partial charge in [0.05, 0.1) is 16.8 Å². The Balaban J connectivity index is 2.29. The number of fused-ring (bicyclic) bond motifs is 2. The Kier molecular flexibility index (Phi) is 1.68. The van der Waals surface area contributed by atoms with Crippen LogP contribution >= 0.6 is 0 Å². The Bertz CT molecular complexity index is 239. The quantitative estimate of drug-likeness (QED) is 0.579. The van der Waals surface area contributed by atoms with Crippen molar-refractivity contribution in [1.29, 1.82) is 0 Å². The minimum absolute atomic E-state index is 0.0365. The molecule has 2 nitrogen and oxygen atoms in total. The van der Waals surface area contributed by atoms with Crippen molar-refractivity contribution >= 4 is 0 Å². The van der Waals surface area contributed by atoms with E-state index in [9.17, 15) is 0 Å². The fraction of sp³-hybridized carbons (Fsp3) is 0.818. The second kappa shape index (κ2) is 2.37. The highest BCUT2D eigenvalue weighted by Crippen LogP contribution is 2.48. The molecule has 2 heterocycles. The molecule has 3 atom stereocenters. The molecule has 2 rings (SSSR count). The third-order valence-corrected chi connectivity index (χ3v) is 3.20. The molecular formula is C11H18O2. The molecule has 0 radical (unpaired) electrons. The van der Waals surface area contributed by atoms with E-state index in [4.69, 9.17) is 9.47 Å². The second-order valence-corrected chi connectivity index (χ2v) is 5.07. The zero-order chi connectivity index (χ0) is 9.74. The molecule has 0 N–H and O–H groups in total. The summed E-state index contributed by atoms with van der Waals surface area (Å²) in [4.78, 5) is 0. The maximum absolute atomic E-state index is 5.98. The first-order valence-electron chi connectivity index (χ1n) is 4.85. The average molecular weight is 182 g/mol. The molecule has 2 aliphatic heterocycles. The zero-order valence-electron chi connectivity index (χ0n) is 8.89. The molecule has 1 fully saturated rings. The van der Waals surface area contributed by atoms with Crippen LogP contribution < -0.4 is 0 Å². The molecule has 0 aromatic heterocycles. The summed E-state index contributed by atoms with van der Waals surface area (Å²) in [6.07, 6.45) is 6.25. The van der Waals surface area contributed by atoms with Crippen LogP contribution in [0.4, 0.5) is 0 Å². The van der Waals surface area contributed by atoms with Crippen LogP contribution in [0.1, 0.15) is 33.6 Å². The lowest BCUT2D eigenvalue weighted by atomic mass is 9.81. The topological polar surface area (TPSA) is 18.5 Å². The summed E-state index contributed by atoms with van der Waals surface area (Å²) in [5.41, 5.74) is -0.263. The molecular weight excluding hydrogens is 164 g/mol. The third-order valence-electron chi connectivity index (χ3n) is 3.20. The average Bonchev–Trinajstić information content (AvgIpc) is 2.21. The highest BCUT2D eigenvalue weighted by atomic mass is 16.5. The van der Waals surface area contributed by atoms with Crippen LogP contribution in [0.15, 0.2) is 12.2 Å². The molecule has 0 aliphatic carbocycles. The number of rotatable bonds is 1. The van der Waals surface area contributed by atoms with Gasteiger partial charge in [-0.2, -0.15) is 0 Å². The van der Waals surface area contributed by atoms with Crippen LogP contribution in [-0.2, 0) is 9.47 Å². The van der Waals surface area contributed by atoms with Crippen molar-refractivity contribution in [3.63, 3.8) is 0 Å². The second-order valence-electron chi connectivity index (χ2n) is 5.07. The Morgan fingerprint density at radius 2 is 1.54 bits per heavy atom. The number of methoxy groups -OCH3 is 1. The van der Waals surface area contributed by atoms with Crippen molar-refractivity contribution in [3.8, 4) is 0 Å². The Morgan fingerprint density at radius 1 is 1.08 bits per heavy atom. The van der Waals surface area contributed by atoms with Crippen LogP contribution in [0.2, 0.25) is 0 Å². The third kappa shape index (κ3) is 1.42. The van der Waals surface area contributed by atoms with Crippen LogP contribution in [0, 0.1) is 0 Å². The van der Waals surface area contributed by atoms with Crippen molar-refractivity contribution in [3.05, 3.63) is 12.2 Å². The summed E-state index contributed by atoms with van der Waals surface area (Å²) in [5, 5.41) is 0. The summed E-state index contributed by atoms with van der Waals surface area (Å²) in [7, 11) is 1.79. The molecule has 0 aromatic carbocycles. The largest absolute Gasteiger partial charge is 0.378 e. The van der Waals surface area contributed by atoms with E-state index in [-0.39, 0.29) is 16.8 Å². The van der Waals surface area contributed by atoms with Crippen molar-refractivity contribution in [2.75, 3.05) is 7.11 Å². The molecule has 2 aliphatic rings. The van der Waals surface area contributed by atoms with E-state index in [1.807, 2.05) is 0 Å². The molecule has 2 heteroatoms. The van der Waals surface area contributed by atoms with Gasteiger partial charge in [-0.05, 0) is 20.8 Å². The first-order valence-corrected chi connectivity index (χ1v) is 4.85. The first kappa shape index (κ1) is 9.22. The molecule has 0 amide bonds. The van der Waals surface area contributed by atoms with E-state index >= 15 is 0 Å². The van der Waals surface area contributed by atoms with Crippen molar-refractivity contribution < 1.29 is 9.47 Å². The number of hydrogen-bond donors (Lipinski definition) is 0. The summed E-state index contributed by atoms with van der Waals surface area (Å²) < 4.78 is 11.5. The maximum Gasteiger partial charge on any atom is 0.0874 e. The minimum atomic E-state index is -0.113. The van der Waals surface area contributed by atoms with E-state index in [0.717, 1.165) is 12.8 Å². The summed E-state index contributed by atoms with van der Waals surface area (Å²) in [5.74, 6) is 0. The van der Waals surface area contributed by atoms with Crippen LogP contribution in [0.25, 0.3) is 0 Å². The predicted octanol–water partition coefficient (Wildman–Crippen LogP) is 2.29. The van der Waals surface area contributed by atoms with Gasteiger partial charge in [0.25, 0.3) is 0 Å². The Morgan fingerprint density at radius 3 is 1.92 bits per heavy atom. The van der Waals surface area contributed by atoms with E-state index in [1.165, 1.54) is 0 Å². The highest BCUT2D eigenvalue weighted by molar-refractivity contribution is 5.22. The highest BCUT2D eigenvalue weighted by Gasteiger charge is 2.51. The van der Waals surface area contributed by atoms with Gasteiger partial charge in [-0.1, -0.05) is 12.2 Å². The smallest absolute Gasteiger partial charge is 0.0874 e. The number of hydrogen-bond acceptors (Lipinski definition) is 2. The lowest BCUT2D eigenvalue weighted by molar-refractivity contribution is -0.186. The predicted molar refractivity (Wildman–Crippen MR) is 51.7 cm³/mol. The lowest BCUT2D eigenvalue weighted by Gasteiger charge is -2.46. The molecule has 0 saturated carbocycles. The molecule has 2 bridgehead atoms. The monoisotopic (exact) mass is 182 g/mol. The van der Waals surface area contributed by atoms with Gasteiger partial charge in [-0.3, -0.25) is 0 Å². The van der Waals surface area contributed by atoms with Crippen LogP contribution in [0.3, 0.4) is 0 Å². The van der Waals surface area contributed by atoms with E-state index in [2.05, 4.69) is 32.9 Å². The molecule has 0 aromatic rings. The van der Waals surface area contributed by atoms with Gasteiger partial charge >= 0.3 is 0 Å². The first-order chi connectivity index (χ1) is 5.89. The summed E-state index contributed by atoms with van der Waals surface area (Å²) >= 11 is 0. The molecule has 13 heavy (non-hydrogen) atoms. The SMILES string of the molecule is CO[C@]1(C)C[C@]2(C)C=C[C@](C)(C1)O2. The van der Waals surface area contributed by atoms with Crippen molar-refractivity contribution in [2.24, 2.45) is 0 Å². The maximum atomic E-state index is 5.98. The Labute approximate surface area is 79.9 Å². The van der Waals surface area contributed by atoms with Crippen molar-refractivity contribution in [1.82, 2.24) is 0 Å². The number of ether oxygens (including phenoxy) is 2. The Hall–Kier alpha value is -0.340. The van der Waals surface area contributed by atoms with Gasteiger partial charge in [-0.15, -0.1) is 0 Å². The van der Waals surface area contributed by atoms with Crippen LogP contribution in [0.5, 0.6) is 0 Å². The fourth-order valence-electron chi connectivity index (χ4n) is 2.84. The van der Waals surface area contributed by atoms with Crippen LogP contribution in [-0.4, -0.2) is 23.9 Å². The van der Waals surface area contributed by atoms with Gasteiger partial charge in [0, 0.05) is 20.0 Å². The van der Waals surface area contributed by atoms with Gasteiger partial charge in [-0.25, -0.2) is 0 Å². The summed E-state index contributed by atoms with van der Waals surface area (Å²) in [6, 6.07) is 0. The van der Waals surface area contributed by atoms with E-state index < -0.39 is 0 Å². The fourth-order valence-corrected chi connectivity index (χ4v) is 2.84. The van der Waals surface area contributed by atoms with Gasteiger partial charge in [0.15, 0.2) is 0 Å². The van der Waals surface area contributed by atoms with Gasteiger partial charge in [0.1, 0.15) is 0 Å². The van der Waals surface area contributed by atoms with E-state index in [0.29, 0.717) is 0 Å². The van der Waals surface area contributed by atoms with Crippen molar-refractivity contribution in [2.45, 2.75) is 50.4 Å². The zero-order valence-corrected chi connectivity index (χ0v) is 8.89. The van der Waals surface area contributed by atoms with Gasteiger partial charge in [0.2, 0.25) is 0 Å². The van der Waals surface area contributed by atoms with Gasteiger partial charge < -0.3 is 9.47 Å². The molecule has 0 unspecified atom stereocenters. The molecule has 1 saturated heterocycles. The minimum Gasteiger partial charge on any atom is -0.378 e. The normalized spacial score (nSPS) is 54.2. The molecule has 74 valence electrons. The lowest BCUT2D eigenvalue weighted by Crippen LogP contribution is -2.50.